The molecule has 0 saturated heterocycles. The number of rotatable bonds is 4. The minimum absolute atomic E-state index is 0.0975. The van der Waals surface area contributed by atoms with Crippen LogP contribution in [0.25, 0.3) is 0 Å². The minimum atomic E-state index is -0.462. The average molecular weight is 327 g/mol. The number of hydrogen-bond acceptors (Lipinski definition) is 4. The molecule has 0 aliphatic carbocycles. The van der Waals surface area contributed by atoms with Crippen LogP contribution in [0.4, 0.5) is 5.69 Å². The molecular formula is C12H15BrN4O2. The molecule has 0 fully saturated rings. The van der Waals surface area contributed by atoms with Gasteiger partial charge in [-0.25, -0.2) is 4.68 Å². The molecule has 0 spiro atoms. The SMILES string of the molecule is C#CCn1ncc(NC(C)C(=O)N(C)C)c(Br)c1=O. The van der Waals surface area contributed by atoms with Gasteiger partial charge in [-0.15, -0.1) is 6.42 Å². The van der Waals surface area contributed by atoms with E-state index in [4.69, 9.17) is 6.42 Å². The fourth-order valence-electron chi connectivity index (χ4n) is 1.45. The zero-order chi connectivity index (χ0) is 14.6. The van der Waals surface area contributed by atoms with Gasteiger partial charge in [-0.3, -0.25) is 9.59 Å². The summed E-state index contributed by atoms with van der Waals surface area (Å²) in [6, 6.07) is -0.462. The molecule has 1 N–H and O–H groups in total. The Bertz CT molecular complexity index is 574. The summed E-state index contributed by atoms with van der Waals surface area (Å²) in [7, 11) is 3.33. The normalized spacial score (nSPS) is 11.5. The van der Waals surface area contributed by atoms with Gasteiger partial charge in [-0.1, -0.05) is 5.92 Å². The van der Waals surface area contributed by atoms with Crippen LogP contribution in [-0.4, -0.2) is 40.7 Å². The predicted molar refractivity (Wildman–Crippen MR) is 76.8 cm³/mol. The second kappa shape index (κ2) is 6.38. The Morgan fingerprint density at radius 1 is 1.68 bits per heavy atom. The summed E-state index contributed by atoms with van der Waals surface area (Å²) in [6.45, 7) is 1.81. The molecule has 0 bridgehead atoms. The van der Waals surface area contributed by atoms with Crippen molar-refractivity contribution in [2.45, 2.75) is 19.5 Å². The van der Waals surface area contributed by atoms with Gasteiger partial charge in [-0.05, 0) is 22.9 Å². The molecule has 1 rings (SSSR count). The molecule has 1 atom stereocenters. The number of amides is 1. The van der Waals surface area contributed by atoms with Gasteiger partial charge in [0.25, 0.3) is 5.56 Å². The monoisotopic (exact) mass is 326 g/mol. The molecule has 1 heterocycles. The molecule has 1 unspecified atom stereocenters. The largest absolute Gasteiger partial charge is 0.372 e. The fourth-order valence-corrected chi connectivity index (χ4v) is 1.87. The molecule has 1 amide bonds. The van der Waals surface area contributed by atoms with Gasteiger partial charge in [0, 0.05) is 14.1 Å². The molecule has 0 radical (unpaired) electrons. The molecule has 0 aromatic carbocycles. The summed E-state index contributed by atoms with van der Waals surface area (Å²) in [5.74, 6) is 2.25. The van der Waals surface area contributed by atoms with E-state index in [0.29, 0.717) is 10.2 Å². The Morgan fingerprint density at radius 2 is 2.32 bits per heavy atom. The molecule has 1 aromatic rings. The Hall–Kier alpha value is -1.81. The van der Waals surface area contributed by atoms with Gasteiger partial charge in [0.15, 0.2) is 0 Å². The summed E-state index contributed by atoms with van der Waals surface area (Å²) in [4.78, 5) is 25.1. The van der Waals surface area contributed by atoms with E-state index in [9.17, 15) is 9.59 Å². The third-order valence-electron chi connectivity index (χ3n) is 2.41. The van der Waals surface area contributed by atoms with Crippen LogP contribution in [0, 0.1) is 12.3 Å². The van der Waals surface area contributed by atoms with Crippen molar-refractivity contribution < 1.29 is 4.79 Å². The highest BCUT2D eigenvalue weighted by Crippen LogP contribution is 2.17. The number of carbonyl (C=O) groups is 1. The maximum absolute atomic E-state index is 11.9. The first-order valence-electron chi connectivity index (χ1n) is 5.55. The summed E-state index contributed by atoms with van der Waals surface area (Å²) in [5, 5.41) is 6.87. The predicted octanol–water partition coefficient (Wildman–Crippen LogP) is 0.528. The van der Waals surface area contributed by atoms with Crippen molar-refractivity contribution in [1.29, 1.82) is 0 Å². The zero-order valence-corrected chi connectivity index (χ0v) is 12.6. The van der Waals surface area contributed by atoms with Gasteiger partial charge < -0.3 is 10.2 Å². The van der Waals surface area contributed by atoms with E-state index in [1.54, 1.807) is 21.0 Å². The van der Waals surface area contributed by atoms with Crippen LogP contribution in [0.15, 0.2) is 15.5 Å². The molecule has 0 aliphatic rings. The second-order valence-corrected chi connectivity index (χ2v) is 4.93. The van der Waals surface area contributed by atoms with E-state index >= 15 is 0 Å². The number of nitrogens with one attached hydrogen (secondary N) is 1. The number of aromatic nitrogens is 2. The number of carbonyl (C=O) groups excluding carboxylic acids is 1. The first-order chi connectivity index (χ1) is 8.88. The van der Waals surface area contributed by atoms with Crippen molar-refractivity contribution in [1.82, 2.24) is 14.7 Å². The van der Waals surface area contributed by atoms with E-state index in [1.165, 1.54) is 11.1 Å². The number of hydrogen-bond donors (Lipinski definition) is 1. The lowest BCUT2D eigenvalue weighted by molar-refractivity contribution is -0.129. The molecule has 0 aliphatic heterocycles. The third-order valence-corrected chi connectivity index (χ3v) is 3.18. The molecule has 102 valence electrons. The Labute approximate surface area is 119 Å². The molecular weight excluding hydrogens is 312 g/mol. The van der Waals surface area contributed by atoms with Crippen LogP contribution in [0.3, 0.4) is 0 Å². The standard InChI is InChI=1S/C12H15BrN4O2/c1-5-6-17-12(19)10(13)9(7-14-17)15-8(2)11(18)16(3)4/h1,7-8,15H,6H2,2-4H3. The summed E-state index contributed by atoms with van der Waals surface area (Å²) in [5.41, 5.74) is 0.119. The van der Waals surface area contributed by atoms with E-state index in [0.717, 1.165) is 4.68 Å². The highest BCUT2D eigenvalue weighted by atomic mass is 79.9. The number of terminal acetylenes is 1. The van der Waals surface area contributed by atoms with E-state index in [1.807, 2.05) is 0 Å². The van der Waals surface area contributed by atoms with Crippen LogP contribution in [-0.2, 0) is 11.3 Å². The zero-order valence-electron chi connectivity index (χ0n) is 11.0. The topological polar surface area (TPSA) is 67.2 Å². The van der Waals surface area contributed by atoms with Crippen molar-refractivity contribution in [3.05, 3.63) is 21.0 Å². The number of nitrogens with zero attached hydrogens (tertiary/aromatic N) is 3. The number of halogens is 1. The van der Waals surface area contributed by atoms with Gasteiger partial charge in [0.1, 0.15) is 17.1 Å². The smallest absolute Gasteiger partial charge is 0.284 e. The van der Waals surface area contributed by atoms with Crippen molar-refractivity contribution in [2.24, 2.45) is 0 Å². The lowest BCUT2D eigenvalue weighted by atomic mass is 10.3. The highest BCUT2D eigenvalue weighted by Gasteiger charge is 2.17. The maximum atomic E-state index is 11.9. The summed E-state index contributed by atoms with van der Waals surface area (Å²) in [6.07, 6.45) is 6.60. The first-order valence-corrected chi connectivity index (χ1v) is 6.34. The summed E-state index contributed by atoms with van der Waals surface area (Å²) < 4.78 is 1.46. The Morgan fingerprint density at radius 3 is 2.84 bits per heavy atom. The van der Waals surface area contributed by atoms with Crippen molar-refractivity contribution >= 4 is 27.5 Å². The Balaban J connectivity index is 2.99. The van der Waals surface area contributed by atoms with Gasteiger partial charge >= 0.3 is 0 Å². The number of anilines is 1. The molecule has 6 nitrogen and oxygen atoms in total. The van der Waals surface area contributed by atoms with Crippen LogP contribution in [0.5, 0.6) is 0 Å². The average Bonchev–Trinajstić information content (AvgIpc) is 2.37. The van der Waals surface area contributed by atoms with E-state index in [-0.39, 0.29) is 18.0 Å². The van der Waals surface area contributed by atoms with Crippen LogP contribution >= 0.6 is 15.9 Å². The Kier molecular flexibility index (Phi) is 5.12. The molecule has 0 saturated carbocycles. The van der Waals surface area contributed by atoms with Gasteiger partial charge in [-0.2, -0.15) is 5.10 Å². The second-order valence-electron chi connectivity index (χ2n) is 4.14. The van der Waals surface area contributed by atoms with Crippen LogP contribution in [0.1, 0.15) is 6.92 Å². The molecule has 1 aromatic heterocycles. The van der Waals surface area contributed by atoms with Gasteiger partial charge in [0.2, 0.25) is 5.91 Å². The lowest BCUT2D eigenvalue weighted by Gasteiger charge is -2.19. The van der Waals surface area contributed by atoms with Crippen LogP contribution in [0.2, 0.25) is 0 Å². The molecule has 7 heteroatoms. The van der Waals surface area contributed by atoms with E-state index in [2.05, 4.69) is 32.3 Å². The van der Waals surface area contributed by atoms with Gasteiger partial charge in [0.05, 0.1) is 11.9 Å². The minimum Gasteiger partial charge on any atom is -0.372 e. The van der Waals surface area contributed by atoms with E-state index < -0.39 is 6.04 Å². The maximum Gasteiger partial charge on any atom is 0.284 e. The van der Waals surface area contributed by atoms with Crippen molar-refractivity contribution in [2.75, 3.05) is 19.4 Å². The fraction of sp³-hybridized carbons (Fsp3) is 0.417. The van der Waals surface area contributed by atoms with Crippen LogP contribution < -0.4 is 10.9 Å². The lowest BCUT2D eigenvalue weighted by Crippen LogP contribution is -2.37. The molecule has 19 heavy (non-hydrogen) atoms. The quantitative estimate of drug-likeness (QED) is 0.819. The first kappa shape index (κ1) is 15.2. The third kappa shape index (κ3) is 3.58. The number of likely N-dealkylation sites (N-methyl/N-ethyl adjacent to an activating group) is 1. The van der Waals surface area contributed by atoms with Crippen molar-refractivity contribution in [3.63, 3.8) is 0 Å². The highest BCUT2D eigenvalue weighted by molar-refractivity contribution is 9.10. The van der Waals surface area contributed by atoms with Crippen molar-refractivity contribution in [3.8, 4) is 12.3 Å². The summed E-state index contributed by atoms with van der Waals surface area (Å²) >= 11 is 3.19.